The fraction of sp³-hybridized carbons (Fsp3) is 0.727. The van der Waals surface area contributed by atoms with E-state index in [1.165, 1.54) is 0 Å². The lowest BCUT2D eigenvalue weighted by atomic mass is 10.4. The Kier molecular flexibility index (Phi) is 4.32. The monoisotopic (exact) mass is 304 g/mol. The molecule has 1 heterocycles. The predicted molar refractivity (Wildman–Crippen MR) is 78.4 cm³/mol. The maximum absolute atomic E-state index is 12.3. The van der Waals surface area contributed by atoms with Gasteiger partial charge in [0.25, 0.3) is 0 Å². The number of aromatic nitrogens is 1. The van der Waals surface area contributed by atoms with Crippen molar-refractivity contribution in [2.24, 2.45) is 0 Å². The third-order valence-corrected chi connectivity index (χ3v) is 6.27. The zero-order valence-corrected chi connectivity index (χ0v) is 12.9. The van der Waals surface area contributed by atoms with Gasteiger partial charge >= 0.3 is 0 Å². The Bertz CT molecular complexity index is 535. The number of rotatable bonds is 7. The van der Waals surface area contributed by atoms with Gasteiger partial charge in [0.15, 0.2) is 15.7 Å². The molecule has 0 saturated heterocycles. The van der Waals surface area contributed by atoms with Gasteiger partial charge in [-0.05, 0) is 51.4 Å². The van der Waals surface area contributed by atoms with Crippen molar-refractivity contribution < 1.29 is 8.42 Å². The highest BCUT2D eigenvalue weighted by atomic mass is 32.2. The molecule has 1 aliphatic rings. The van der Waals surface area contributed by atoms with Crippen LogP contribution in [0.3, 0.4) is 0 Å². The molecule has 8 heteroatoms. The molecule has 1 fully saturated rings. The quantitative estimate of drug-likeness (QED) is 0.731. The van der Waals surface area contributed by atoms with Crippen LogP contribution in [0.2, 0.25) is 0 Å². The van der Waals surface area contributed by atoms with Gasteiger partial charge in [0, 0.05) is 6.54 Å². The smallest absolute Gasteiger partial charge is 0.187 e. The van der Waals surface area contributed by atoms with Gasteiger partial charge in [0.05, 0.1) is 5.25 Å². The third-order valence-electron chi connectivity index (χ3n) is 2.99. The highest BCUT2D eigenvalue weighted by Gasteiger charge is 2.40. The largest absolute Gasteiger partial charge is 0.382 e. The van der Waals surface area contributed by atoms with E-state index in [4.69, 9.17) is 5.73 Å². The molecular formula is C11H20N4O2S2. The molecule has 0 amide bonds. The summed E-state index contributed by atoms with van der Waals surface area (Å²) in [7, 11) is 0.728. The van der Waals surface area contributed by atoms with Crippen molar-refractivity contribution in [1.29, 1.82) is 0 Å². The number of sulfone groups is 1. The first-order valence-corrected chi connectivity index (χ1v) is 8.62. The summed E-state index contributed by atoms with van der Waals surface area (Å²) in [5.41, 5.74) is 5.72. The maximum atomic E-state index is 12.3. The molecule has 1 aromatic rings. The summed E-state index contributed by atoms with van der Waals surface area (Å²) in [5.74, 6) is 0.131. The Morgan fingerprint density at radius 3 is 2.74 bits per heavy atom. The fourth-order valence-electron chi connectivity index (χ4n) is 1.82. The molecule has 1 aliphatic carbocycles. The average Bonchev–Trinajstić information content (AvgIpc) is 3.10. The third kappa shape index (κ3) is 3.37. The van der Waals surface area contributed by atoms with Crippen LogP contribution in [0.4, 0.5) is 10.8 Å². The molecule has 0 aliphatic heterocycles. The van der Waals surface area contributed by atoms with Gasteiger partial charge in [-0.15, -0.1) is 0 Å². The van der Waals surface area contributed by atoms with Crippen molar-refractivity contribution in [3.05, 3.63) is 0 Å². The minimum atomic E-state index is -3.29. The average molecular weight is 304 g/mol. The molecule has 1 saturated carbocycles. The van der Waals surface area contributed by atoms with Crippen molar-refractivity contribution in [2.75, 3.05) is 38.2 Å². The molecule has 0 atom stereocenters. The Labute approximate surface area is 118 Å². The van der Waals surface area contributed by atoms with Gasteiger partial charge < -0.3 is 16.0 Å². The van der Waals surface area contributed by atoms with Crippen LogP contribution >= 0.6 is 11.5 Å². The van der Waals surface area contributed by atoms with Crippen LogP contribution in [0.15, 0.2) is 4.90 Å². The highest BCUT2D eigenvalue weighted by Crippen LogP contribution is 2.40. The Morgan fingerprint density at radius 2 is 2.16 bits per heavy atom. The van der Waals surface area contributed by atoms with Crippen LogP contribution in [-0.2, 0) is 9.84 Å². The van der Waals surface area contributed by atoms with E-state index in [2.05, 4.69) is 14.6 Å². The zero-order chi connectivity index (χ0) is 14.0. The lowest BCUT2D eigenvalue weighted by molar-refractivity contribution is 0.405. The molecular weight excluding hydrogens is 284 g/mol. The summed E-state index contributed by atoms with van der Waals surface area (Å²) >= 11 is 1.13. The molecule has 0 aromatic carbocycles. The van der Waals surface area contributed by atoms with Gasteiger partial charge in [-0.25, -0.2) is 8.42 Å². The molecule has 0 bridgehead atoms. The Hall–Kier alpha value is -0.860. The number of hydrogen-bond acceptors (Lipinski definition) is 7. The van der Waals surface area contributed by atoms with E-state index in [1.54, 1.807) is 0 Å². The minimum Gasteiger partial charge on any atom is -0.382 e. The van der Waals surface area contributed by atoms with Gasteiger partial charge in [-0.3, -0.25) is 0 Å². The van der Waals surface area contributed by atoms with E-state index in [-0.39, 0.29) is 16.0 Å². The van der Waals surface area contributed by atoms with E-state index in [0.29, 0.717) is 11.5 Å². The number of nitrogens with one attached hydrogen (secondary N) is 1. The van der Waals surface area contributed by atoms with Crippen LogP contribution in [-0.4, -0.2) is 50.1 Å². The topological polar surface area (TPSA) is 88.3 Å². The van der Waals surface area contributed by atoms with Crippen LogP contribution in [0, 0.1) is 0 Å². The van der Waals surface area contributed by atoms with Gasteiger partial charge in [0.1, 0.15) is 9.90 Å². The Balaban J connectivity index is 2.06. The number of nitrogen functional groups attached to an aromatic ring is 1. The van der Waals surface area contributed by atoms with Gasteiger partial charge in [-0.1, -0.05) is 0 Å². The van der Waals surface area contributed by atoms with Crippen molar-refractivity contribution in [1.82, 2.24) is 9.27 Å². The zero-order valence-electron chi connectivity index (χ0n) is 11.2. The Morgan fingerprint density at radius 1 is 1.47 bits per heavy atom. The standard InChI is InChI=1S/C11H20N4O2S2/c1-15(2)7-3-6-13-11-9(10(12)14-18-11)19(16,17)8-4-5-8/h8,13H,3-7H2,1-2H3,(H2,12,14). The molecule has 0 radical (unpaired) electrons. The number of anilines is 2. The first kappa shape index (κ1) is 14.5. The van der Waals surface area contributed by atoms with Crippen LogP contribution in [0.25, 0.3) is 0 Å². The van der Waals surface area contributed by atoms with Gasteiger partial charge in [0.2, 0.25) is 0 Å². The summed E-state index contributed by atoms with van der Waals surface area (Å²) < 4.78 is 28.5. The lowest BCUT2D eigenvalue weighted by Crippen LogP contribution is -2.17. The van der Waals surface area contributed by atoms with E-state index in [9.17, 15) is 8.42 Å². The van der Waals surface area contributed by atoms with E-state index in [1.807, 2.05) is 14.1 Å². The number of hydrogen-bond donors (Lipinski definition) is 2. The molecule has 108 valence electrons. The van der Waals surface area contributed by atoms with Crippen LogP contribution in [0.1, 0.15) is 19.3 Å². The summed E-state index contributed by atoms with van der Waals surface area (Å²) in [4.78, 5) is 2.30. The van der Waals surface area contributed by atoms with Gasteiger partial charge in [-0.2, -0.15) is 4.37 Å². The predicted octanol–water partition coefficient (Wildman–Crippen LogP) is 1.03. The normalized spacial score (nSPS) is 15.9. The van der Waals surface area contributed by atoms with Crippen molar-refractivity contribution in [3.8, 4) is 0 Å². The van der Waals surface area contributed by atoms with Crippen molar-refractivity contribution in [3.63, 3.8) is 0 Å². The fourth-order valence-corrected chi connectivity index (χ4v) is 4.73. The van der Waals surface area contributed by atoms with E-state index >= 15 is 0 Å². The van der Waals surface area contributed by atoms with Crippen molar-refractivity contribution >= 4 is 32.2 Å². The second-order valence-electron chi connectivity index (χ2n) is 5.05. The maximum Gasteiger partial charge on any atom is 0.187 e. The van der Waals surface area contributed by atoms with E-state index < -0.39 is 9.84 Å². The van der Waals surface area contributed by atoms with Crippen molar-refractivity contribution in [2.45, 2.75) is 29.4 Å². The molecule has 0 spiro atoms. The molecule has 2 rings (SSSR count). The number of nitrogens with two attached hydrogens (primary N) is 1. The van der Waals surface area contributed by atoms with Crippen LogP contribution < -0.4 is 11.1 Å². The molecule has 0 unspecified atom stereocenters. The first-order chi connectivity index (χ1) is 8.93. The minimum absolute atomic E-state index is 0.131. The molecule has 19 heavy (non-hydrogen) atoms. The molecule has 6 nitrogen and oxygen atoms in total. The summed E-state index contributed by atoms with van der Waals surface area (Å²) in [6, 6.07) is 0. The van der Waals surface area contributed by atoms with E-state index in [0.717, 1.165) is 37.3 Å². The first-order valence-electron chi connectivity index (χ1n) is 6.30. The summed E-state index contributed by atoms with van der Waals surface area (Å²) in [5, 5.41) is 3.48. The molecule has 1 aromatic heterocycles. The number of nitrogens with zero attached hydrogens (tertiary/aromatic N) is 2. The highest BCUT2D eigenvalue weighted by molar-refractivity contribution is 7.92. The lowest BCUT2D eigenvalue weighted by Gasteiger charge is -2.10. The molecule has 3 N–H and O–H groups in total. The SMILES string of the molecule is CN(C)CCCNc1snc(N)c1S(=O)(=O)C1CC1. The summed E-state index contributed by atoms with van der Waals surface area (Å²) in [6.07, 6.45) is 2.41. The van der Waals surface area contributed by atoms with Crippen LogP contribution in [0.5, 0.6) is 0 Å². The second kappa shape index (κ2) is 5.64. The summed E-state index contributed by atoms with van der Waals surface area (Å²) in [6.45, 7) is 1.67. The second-order valence-corrected chi connectivity index (χ2v) is 7.99.